The van der Waals surface area contributed by atoms with Crippen LogP contribution in [0.5, 0.6) is 17.2 Å². The van der Waals surface area contributed by atoms with Gasteiger partial charge in [0.1, 0.15) is 41.1 Å². The van der Waals surface area contributed by atoms with Gasteiger partial charge in [-0.15, -0.1) is 13.2 Å². The summed E-state index contributed by atoms with van der Waals surface area (Å²) in [7, 11) is 1.15. The maximum Gasteiger partial charge on any atom is 0.573 e. The van der Waals surface area contributed by atoms with Crippen LogP contribution in [0.25, 0.3) is 11.1 Å². The molecule has 0 bridgehead atoms. The average Bonchev–Trinajstić information content (AvgIpc) is 3.72. The van der Waals surface area contributed by atoms with Gasteiger partial charge in [-0.1, -0.05) is 22.0 Å². The van der Waals surface area contributed by atoms with Crippen molar-refractivity contribution in [2.75, 3.05) is 27.3 Å². The van der Waals surface area contributed by atoms with Crippen LogP contribution in [0, 0.1) is 23.5 Å². The molecule has 15 nitrogen and oxygen atoms in total. The Bertz CT molecular complexity index is 3000. The van der Waals surface area contributed by atoms with Crippen LogP contribution in [0.3, 0.4) is 0 Å². The van der Waals surface area contributed by atoms with E-state index in [0.717, 1.165) is 47.9 Å². The van der Waals surface area contributed by atoms with E-state index in [9.17, 15) is 44.7 Å². The van der Waals surface area contributed by atoms with E-state index in [0.29, 0.717) is 72.4 Å². The molecule has 4 aromatic carbocycles. The van der Waals surface area contributed by atoms with E-state index in [4.69, 9.17) is 40.5 Å². The second kappa shape index (κ2) is 21.0. The number of nitrogens with zero attached hydrogens (tertiary/aromatic N) is 4. The molecule has 2 spiro atoms. The van der Waals surface area contributed by atoms with Gasteiger partial charge in [0.05, 0.1) is 16.8 Å². The highest BCUT2D eigenvalue weighted by Crippen LogP contribution is 2.52. The second-order valence-electron chi connectivity index (χ2n) is 21.1. The number of benzene rings is 4. The quantitative estimate of drug-likeness (QED) is 0.111. The van der Waals surface area contributed by atoms with Gasteiger partial charge in [-0.05, 0) is 131 Å². The molecule has 0 radical (unpaired) electrons. The number of alkyl halides is 6. The fourth-order valence-electron chi connectivity index (χ4n) is 10.9. The van der Waals surface area contributed by atoms with Crippen LogP contribution >= 0.6 is 15.9 Å². The lowest BCUT2D eigenvalue weighted by molar-refractivity contribution is -0.274. The molecule has 2 saturated heterocycles. The number of aliphatic imine (C=N–C) groups is 2. The number of carbonyl (C=O) groups excluding carboxylic acids is 2. The van der Waals surface area contributed by atoms with Crippen LogP contribution in [0.15, 0.2) is 87.3 Å². The number of nitrogens with two attached hydrogens (primary N) is 2. The molecule has 414 valence electrons. The van der Waals surface area contributed by atoms with E-state index in [-0.39, 0.29) is 65.0 Å². The predicted octanol–water partition coefficient (Wildman–Crippen LogP) is 8.04. The zero-order valence-electron chi connectivity index (χ0n) is 42.6. The van der Waals surface area contributed by atoms with Gasteiger partial charge in [0.2, 0.25) is 0 Å². The van der Waals surface area contributed by atoms with Gasteiger partial charge in [-0.25, -0.2) is 18.8 Å². The van der Waals surface area contributed by atoms with E-state index in [1.165, 1.54) is 16.8 Å². The van der Waals surface area contributed by atoms with Gasteiger partial charge >= 0.3 is 19.7 Å². The minimum atomic E-state index is -4.95. The van der Waals surface area contributed by atoms with Crippen LogP contribution in [0.2, 0.25) is 0 Å². The number of rotatable bonds is 5. The molecule has 25 heteroatoms. The number of ether oxygens (including phenoxy) is 5. The smallest absolute Gasteiger partial charge is 0.490 e. The highest BCUT2D eigenvalue weighted by Gasteiger charge is 2.57. The highest BCUT2D eigenvalue weighted by molar-refractivity contribution is 9.10. The Kier molecular flexibility index (Phi) is 15.6. The minimum Gasteiger partial charge on any atom is -0.490 e. The summed E-state index contributed by atoms with van der Waals surface area (Å²) >= 11 is 3.50. The van der Waals surface area contributed by atoms with Crippen LogP contribution in [0.4, 0.5) is 35.1 Å². The van der Waals surface area contributed by atoms with E-state index >= 15 is 0 Å². The summed E-state index contributed by atoms with van der Waals surface area (Å²) in [4.78, 5) is 38.6. The highest BCUT2D eigenvalue weighted by atomic mass is 79.9. The summed E-state index contributed by atoms with van der Waals surface area (Å²) in [5.74, 6) is -1.49. The van der Waals surface area contributed by atoms with Crippen molar-refractivity contribution in [1.82, 2.24) is 9.80 Å². The van der Waals surface area contributed by atoms with Crippen molar-refractivity contribution >= 4 is 52.2 Å². The molecule has 6 unspecified atom stereocenters. The number of halogens is 9. The second-order valence-corrected chi connectivity index (χ2v) is 22.0. The first kappa shape index (κ1) is 57.2. The molecule has 6 aliphatic rings. The predicted molar refractivity (Wildman–Crippen MR) is 270 cm³/mol. The van der Waals surface area contributed by atoms with Crippen molar-refractivity contribution in [1.29, 1.82) is 0 Å². The Labute approximate surface area is 446 Å². The fourth-order valence-corrected chi connectivity index (χ4v) is 11.2. The van der Waals surface area contributed by atoms with Crippen molar-refractivity contribution in [3.8, 4) is 28.4 Å². The van der Waals surface area contributed by atoms with Gasteiger partial charge < -0.3 is 45.2 Å². The monoisotopic (exact) mass is 1150 g/mol. The number of likely N-dealkylation sites (N-methyl/N-ethyl adjacent to an activating group) is 2. The van der Waals surface area contributed by atoms with Gasteiger partial charge in [-0.2, -0.15) is 13.2 Å². The third kappa shape index (κ3) is 12.2. The summed E-state index contributed by atoms with van der Waals surface area (Å²) in [5, 5.41) is 17.2. The summed E-state index contributed by atoms with van der Waals surface area (Å²) in [6, 6.07) is 14.7. The minimum absolute atomic E-state index is 0.0318. The van der Waals surface area contributed by atoms with Crippen LogP contribution in [-0.4, -0.2) is 108 Å². The van der Waals surface area contributed by atoms with E-state index in [1.54, 1.807) is 25.2 Å². The zero-order valence-corrected chi connectivity index (χ0v) is 44.2. The summed E-state index contributed by atoms with van der Waals surface area (Å²) in [6.45, 7) is 9.50. The third-order valence-electron chi connectivity index (χ3n) is 14.5. The number of hydrogen-bond acceptors (Lipinski definition) is 13. The van der Waals surface area contributed by atoms with Crippen LogP contribution in [-0.2, 0) is 36.3 Å². The number of hydrogen-bond donors (Lipinski definition) is 4. The van der Waals surface area contributed by atoms with Crippen molar-refractivity contribution in [2.45, 2.75) is 113 Å². The van der Waals surface area contributed by atoms with Gasteiger partial charge in [0, 0.05) is 73.7 Å². The average molecular weight is 1150 g/mol. The molecule has 6 atom stereocenters. The van der Waals surface area contributed by atoms with Crippen molar-refractivity contribution in [2.24, 2.45) is 33.3 Å². The summed E-state index contributed by atoms with van der Waals surface area (Å²) < 4.78 is 131. The lowest BCUT2D eigenvalue weighted by Gasteiger charge is -2.44. The van der Waals surface area contributed by atoms with E-state index in [2.05, 4.69) is 44.5 Å². The standard InChI is InChI=1S/C26H27F4N3O3.C19H24BrN3O3.C7H5BF4O3/c1-24(2)12-15(6-7-35-24)21-13-25(22(34)33(3)23(31)32-25)19-10-14(4-5-20(19)36-21)16-8-17(26(28,29)30)11-18(27)9-16;1-18(2)9-11(6-7-25-18)15-10-19(16(24)23(3)17(21)22-19)13-8-12(20)4-5-14(13)26-15;9-5-1-4(8(13)14)2-6(3-5)15-7(10,11)12/h4-5,8-11,15,21H,6-7,12-13H2,1-3H3,(H2,31,32);4-5,8,11,15H,6-7,9-10H2,1-3H3,(H2,21,22);1-3,13-14H. The Morgan fingerprint density at radius 3 is 1.62 bits per heavy atom. The van der Waals surface area contributed by atoms with E-state index < -0.39 is 59.1 Å². The van der Waals surface area contributed by atoms with Crippen molar-refractivity contribution in [3.05, 3.63) is 106 Å². The first-order valence-corrected chi connectivity index (χ1v) is 25.2. The number of amides is 2. The molecular formula is C52H56BBrF8N6O9. The van der Waals surface area contributed by atoms with Gasteiger partial charge in [0.25, 0.3) is 11.8 Å². The molecule has 2 amide bonds. The molecule has 77 heavy (non-hydrogen) atoms. The Balaban J connectivity index is 0.000000167. The first-order chi connectivity index (χ1) is 35.8. The molecule has 0 aliphatic carbocycles. The SMILES string of the molecule is CN1C(=O)C2(CC(C3CCOC(C)(C)C3)Oc3ccc(-c4cc(F)cc(C(F)(F)F)c4)cc32)N=C1N.CN1C(=O)C2(CC(C3CCOC(C)(C)C3)Oc3ccc(Br)cc32)N=C1N.OB(O)c1cc(F)cc(OC(F)(F)F)c1. The van der Waals surface area contributed by atoms with Crippen molar-refractivity contribution in [3.63, 3.8) is 0 Å². The molecule has 4 aromatic rings. The third-order valence-corrected chi connectivity index (χ3v) is 15.0. The Morgan fingerprint density at radius 2 is 1.17 bits per heavy atom. The number of carbonyl (C=O) groups is 2. The lowest BCUT2D eigenvalue weighted by Crippen LogP contribution is -2.49. The molecule has 6 heterocycles. The first-order valence-electron chi connectivity index (χ1n) is 24.4. The molecule has 2 fully saturated rings. The maximum absolute atomic E-state index is 14.1. The van der Waals surface area contributed by atoms with Gasteiger partial charge in [-0.3, -0.25) is 19.4 Å². The molecule has 6 N–H and O–H groups in total. The number of guanidine groups is 2. The Hall–Kier alpha value is -6.02. The summed E-state index contributed by atoms with van der Waals surface area (Å²) in [5.41, 5.74) is 9.19. The van der Waals surface area contributed by atoms with Gasteiger partial charge in [0.15, 0.2) is 23.0 Å². The van der Waals surface area contributed by atoms with Crippen molar-refractivity contribution < 1.29 is 78.4 Å². The molecular weight excluding hydrogens is 1100 g/mol. The maximum atomic E-state index is 14.1. The van der Waals surface area contributed by atoms with E-state index in [1.807, 2.05) is 32.0 Å². The fraction of sp³-hybridized carbons (Fsp3) is 0.462. The Morgan fingerprint density at radius 1 is 0.675 bits per heavy atom. The number of fused-ring (bicyclic) bond motifs is 4. The molecule has 0 saturated carbocycles. The largest absolute Gasteiger partial charge is 0.573 e. The normalized spacial score (nSPS) is 26.2. The lowest BCUT2D eigenvalue weighted by atomic mass is 9.74. The molecule has 6 aliphatic heterocycles. The van der Waals surface area contributed by atoms with Crippen LogP contribution < -0.4 is 31.1 Å². The topological polar surface area (TPSA) is 204 Å². The zero-order chi connectivity index (χ0) is 56.4. The molecule has 0 aromatic heterocycles. The van der Waals surface area contributed by atoms with Crippen LogP contribution in [0.1, 0.15) is 82.9 Å². The molecule has 10 rings (SSSR count). The summed E-state index contributed by atoms with van der Waals surface area (Å²) in [6.07, 6.45) is -6.08.